The third-order valence-electron chi connectivity index (χ3n) is 2.02. The summed E-state index contributed by atoms with van der Waals surface area (Å²) >= 11 is 3.05. The molecule has 1 aromatic rings. The highest BCUT2D eigenvalue weighted by Gasteiger charge is 2.20. The summed E-state index contributed by atoms with van der Waals surface area (Å²) in [4.78, 5) is 0. The van der Waals surface area contributed by atoms with Crippen molar-refractivity contribution < 1.29 is 19.0 Å². The maximum Gasteiger partial charge on any atom is 0.198 e. The van der Waals surface area contributed by atoms with Gasteiger partial charge in [0.15, 0.2) is 17.3 Å². The van der Waals surface area contributed by atoms with Crippen LogP contribution in [0.4, 0.5) is 4.39 Å². The van der Waals surface area contributed by atoms with Crippen LogP contribution in [-0.4, -0.2) is 19.3 Å². The molecule has 0 bridgehead atoms. The summed E-state index contributed by atoms with van der Waals surface area (Å²) in [6.45, 7) is 1.57. The van der Waals surface area contributed by atoms with Gasteiger partial charge in [-0.05, 0) is 28.9 Å². The van der Waals surface area contributed by atoms with E-state index in [9.17, 15) is 9.50 Å². The summed E-state index contributed by atoms with van der Waals surface area (Å²) in [6, 6.07) is 1.47. The fraction of sp³-hybridized carbons (Fsp3) is 0.400. The van der Waals surface area contributed by atoms with Gasteiger partial charge in [-0.3, -0.25) is 0 Å². The molecule has 1 atom stereocenters. The second-order valence-electron chi connectivity index (χ2n) is 3.00. The topological polar surface area (TPSA) is 38.7 Å². The molecule has 3 nitrogen and oxygen atoms in total. The van der Waals surface area contributed by atoms with Gasteiger partial charge in [-0.2, -0.15) is 0 Å². The van der Waals surface area contributed by atoms with Gasteiger partial charge in [0, 0.05) is 5.56 Å². The smallest absolute Gasteiger partial charge is 0.198 e. The second-order valence-corrected chi connectivity index (χ2v) is 3.86. The molecule has 0 radical (unpaired) electrons. The molecule has 0 aliphatic rings. The second kappa shape index (κ2) is 4.81. The Morgan fingerprint density at radius 3 is 2.27 bits per heavy atom. The highest BCUT2D eigenvalue weighted by molar-refractivity contribution is 9.10. The van der Waals surface area contributed by atoms with E-state index in [1.165, 1.54) is 20.3 Å². The Morgan fingerprint density at radius 1 is 1.33 bits per heavy atom. The zero-order chi connectivity index (χ0) is 11.6. The molecule has 1 aromatic carbocycles. The van der Waals surface area contributed by atoms with Gasteiger partial charge >= 0.3 is 0 Å². The van der Waals surface area contributed by atoms with Crippen molar-refractivity contribution in [1.82, 2.24) is 0 Å². The predicted octanol–water partition coefficient (Wildman–Crippen LogP) is 2.66. The van der Waals surface area contributed by atoms with Crippen molar-refractivity contribution in [2.45, 2.75) is 13.0 Å². The molecule has 5 heteroatoms. The van der Waals surface area contributed by atoms with Crippen molar-refractivity contribution in [3.05, 3.63) is 21.9 Å². The van der Waals surface area contributed by atoms with E-state index in [1.54, 1.807) is 6.92 Å². The Bertz CT molecular complexity index is 366. The molecule has 0 heterocycles. The summed E-state index contributed by atoms with van der Waals surface area (Å²) in [5.41, 5.74) is 0.475. The number of aliphatic hydroxyl groups excluding tert-OH is 1. The minimum absolute atomic E-state index is 0.0113. The first-order chi connectivity index (χ1) is 7.02. The third-order valence-corrected chi connectivity index (χ3v) is 2.60. The van der Waals surface area contributed by atoms with Gasteiger partial charge < -0.3 is 14.6 Å². The molecule has 0 saturated carbocycles. The van der Waals surface area contributed by atoms with Crippen LogP contribution >= 0.6 is 15.9 Å². The lowest BCUT2D eigenvalue weighted by Gasteiger charge is -2.16. The van der Waals surface area contributed by atoms with Crippen molar-refractivity contribution in [2.24, 2.45) is 0 Å². The molecule has 0 aliphatic carbocycles. The first kappa shape index (κ1) is 12.3. The molecule has 0 saturated heterocycles. The number of hydrogen-bond acceptors (Lipinski definition) is 3. The quantitative estimate of drug-likeness (QED) is 0.924. The van der Waals surface area contributed by atoms with Crippen LogP contribution in [0.2, 0.25) is 0 Å². The van der Waals surface area contributed by atoms with Crippen LogP contribution in [0.25, 0.3) is 0 Å². The van der Waals surface area contributed by atoms with Gasteiger partial charge in [0.25, 0.3) is 0 Å². The number of benzene rings is 1. The molecule has 0 aromatic heterocycles. The summed E-state index contributed by atoms with van der Waals surface area (Å²) in [7, 11) is 2.75. The summed E-state index contributed by atoms with van der Waals surface area (Å²) in [6.07, 6.45) is -0.759. The van der Waals surface area contributed by atoms with Gasteiger partial charge in [-0.15, -0.1) is 0 Å². The maximum atomic E-state index is 13.6. The van der Waals surface area contributed by atoms with Gasteiger partial charge in [0.1, 0.15) is 0 Å². The zero-order valence-electron chi connectivity index (χ0n) is 8.67. The van der Waals surface area contributed by atoms with Crippen LogP contribution in [0.3, 0.4) is 0 Å². The van der Waals surface area contributed by atoms with Gasteiger partial charge in [-0.25, -0.2) is 4.39 Å². The van der Waals surface area contributed by atoms with Gasteiger partial charge in [0.2, 0.25) is 0 Å². The van der Waals surface area contributed by atoms with Crippen LogP contribution in [0.15, 0.2) is 10.5 Å². The van der Waals surface area contributed by atoms with Crippen LogP contribution in [0, 0.1) is 5.82 Å². The molecule has 0 amide bonds. The summed E-state index contributed by atoms with van der Waals surface area (Å²) < 4.78 is 23.7. The molecular formula is C10H12BrFO3. The number of halogens is 2. The Balaban J connectivity index is 3.47. The number of rotatable bonds is 3. The summed E-state index contributed by atoms with van der Waals surface area (Å²) in [5, 5.41) is 9.49. The van der Waals surface area contributed by atoms with E-state index in [2.05, 4.69) is 15.9 Å². The van der Waals surface area contributed by atoms with Crippen LogP contribution in [0.5, 0.6) is 11.5 Å². The van der Waals surface area contributed by atoms with E-state index < -0.39 is 11.9 Å². The number of ether oxygens (including phenoxy) is 2. The van der Waals surface area contributed by atoms with E-state index in [4.69, 9.17) is 9.47 Å². The Kier molecular flexibility index (Phi) is 3.93. The van der Waals surface area contributed by atoms with Crippen molar-refractivity contribution in [1.29, 1.82) is 0 Å². The SMILES string of the molecule is COc1c(C(C)O)cc(Br)c(F)c1OC. The van der Waals surface area contributed by atoms with Crippen molar-refractivity contribution in [3.63, 3.8) is 0 Å². The standard InChI is InChI=1S/C10H12BrFO3/c1-5(13)6-4-7(11)8(12)10(15-3)9(6)14-2/h4-5,13H,1-3H3. The Hall–Kier alpha value is -0.810. The average molecular weight is 279 g/mol. The Morgan fingerprint density at radius 2 is 1.87 bits per heavy atom. The fourth-order valence-corrected chi connectivity index (χ4v) is 1.73. The van der Waals surface area contributed by atoms with E-state index in [0.717, 1.165) is 0 Å². The van der Waals surface area contributed by atoms with E-state index in [1.807, 2.05) is 0 Å². The molecular weight excluding hydrogens is 267 g/mol. The van der Waals surface area contributed by atoms with Crippen LogP contribution in [-0.2, 0) is 0 Å². The molecule has 1 rings (SSSR count). The lowest BCUT2D eigenvalue weighted by Crippen LogP contribution is -2.02. The van der Waals surface area contributed by atoms with Crippen molar-refractivity contribution in [2.75, 3.05) is 14.2 Å². The number of hydrogen-bond donors (Lipinski definition) is 1. The fourth-order valence-electron chi connectivity index (χ4n) is 1.31. The van der Waals surface area contributed by atoms with Gasteiger partial charge in [0.05, 0.1) is 24.8 Å². The maximum absolute atomic E-state index is 13.6. The highest BCUT2D eigenvalue weighted by Crippen LogP contribution is 2.40. The van der Waals surface area contributed by atoms with Gasteiger partial charge in [-0.1, -0.05) is 0 Å². The lowest BCUT2D eigenvalue weighted by molar-refractivity contribution is 0.192. The third kappa shape index (κ3) is 2.23. The first-order valence-corrected chi connectivity index (χ1v) is 5.10. The average Bonchev–Trinajstić information content (AvgIpc) is 2.20. The van der Waals surface area contributed by atoms with Crippen LogP contribution in [0.1, 0.15) is 18.6 Å². The van der Waals surface area contributed by atoms with Crippen molar-refractivity contribution in [3.8, 4) is 11.5 Å². The van der Waals surface area contributed by atoms with E-state index in [-0.39, 0.29) is 16.0 Å². The molecule has 1 N–H and O–H groups in total. The number of methoxy groups -OCH3 is 2. The molecule has 1 unspecified atom stereocenters. The predicted molar refractivity (Wildman–Crippen MR) is 57.8 cm³/mol. The van der Waals surface area contributed by atoms with E-state index in [0.29, 0.717) is 5.56 Å². The largest absolute Gasteiger partial charge is 0.492 e. The van der Waals surface area contributed by atoms with Crippen molar-refractivity contribution >= 4 is 15.9 Å². The monoisotopic (exact) mass is 278 g/mol. The summed E-state index contributed by atoms with van der Waals surface area (Å²) in [5.74, 6) is -0.338. The first-order valence-electron chi connectivity index (χ1n) is 4.30. The normalized spacial score (nSPS) is 12.4. The van der Waals surface area contributed by atoms with Crippen LogP contribution < -0.4 is 9.47 Å². The molecule has 15 heavy (non-hydrogen) atoms. The highest BCUT2D eigenvalue weighted by atomic mass is 79.9. The number of aliphatic hydroxyl groups is 1. The Labute approximate surface area is 95.9 Å². The molecule has 84 valence electrons. The zero-order valence-corrected chi connectivity index (χ0v) is 10.3. The minimum Gasteiger partial charge on any atom is -0.492 e. The molecule has 0 fully saturated rings. The minimum atomic E-state index is -0.759. The molecule has 0 aliphatic heterocycles. The lowest BCUT2D eigenvalue weighted by atomic mass is 10.1. The van der Waals surface area contributed by atoms with E-state index >= 15 is 0 Å². The molecule has 0 spiro atoms.